The van der Waals surface area contributed by atoms with Gasteiger partial charge in [0.15, 0.2) is 0 Å². The van der Waals surface area contributed by atoms with Crippen molar-refractivity contribution in [3.8, 4) is 6.07 Å². The summed E-state index contributed by atoms with van der Waals surface area (Å²) in [5, 5.41) is 23.3. The lowest BCUT2D eigenvalue weighted by molar-refractivity contribution is -0.385. The zero-order chi connectivity index (χ0) is 18.6. The first-order valence-corrected chi connectivity index (χ1v) is 7.64. The van der Waals surface area contributed by atoms with Crippen molar-refractivity contribution in [3.63, 3.8) is 0 Å². The monoisotopic (exact) mass is 355 g/mol. The van der Waals surface area contributed by atoms with Crippen molar-refractivity contribution in [2.45, 2.75) is 13.8 Å². The van der Waals surface area contributed by atoms with Gasteiger partial charge in [-0.05, 0) is 43.2 Å². The topological polar surface area (TPSA) is 96.0 Å². The molecule has 126 valence electrons. The first-order valence-electron chi connectivity index (χ1n) is 7.26. The number of nitro benzene ring substituents is 1. The maximum Gasteiger partial charge on any atom is 0.272 e. The molecule has 2 rings (SSSR count). The van der Waals surface area contributed by atoms with E-state index >= 15 is 0 Å². The second-order valence-electron chi connectivity index (χ2n) is 5.39. The number of halogens is 1. The Labute approximate surface area is 149 Å². The van der Waals surface area contributed by atoms with E-state index in [-0.39, 0.29) is 11.3 Å². The van der Waals surface area contributed by atoms with Crippen LogP contribution in [0.3, 0.4) is 0 Å². The van der Waals surface area contributed by atoms with Crippen molar-refractivity contribution < 1.29 is 9.72 Å². The minimum Gasteiger partial charge on any atom is -0.321 e. The van der Waals surface area contributed by atoms with Gasteiger partial charge in [0.2, 0.25) is 0 Å². The van der Waals surface area contributed by atoms with Crippen LogP contribution in [-0.2, 0) is 4.79 Å². The number of rotatable bonds is 4. The lowest BCUT2D eigenvalue weighted by Gasteiger charge is -2.08. The molecule has 2 aromatic carbocycles. The zero-order valence-corrected chi connectivity index (χ0v) is 14.3. The number of benzene rings is 2. The molecule has 0 aliphatic rings. The van der Waals surface area contributed by atoms with E-state index < -0.39 is 10.8 Å². The Balaban J connectivity index is 2.33. The van der Waals surface area contributed by atoms with Crippen LogP contribution < -0.4 is 5.32 Å². The number of amides is 1. The summed E-state index contributed by atoms with van der Waals surface area (Å²) >= 11 is 5.91. The Morgan fingerprint density at radius 3 is 2.56 bits per heavy atom. The fourth-order valence-corrected chi connectivity index (χ4v) is 2.32. The molecule has 7 heteroatoms. The molecule has 0 saturated heterocycles. The van der Waals surface area contributed by atoms with Crippen LogP contribution in [0.25, 0.3) is 6.08 Å². The van der Waals surface area contributed by atoms with Gasteiger partial charge in [0.1, 0.15) is 11.6 Å². The van der Waals surface area contributed by atoms with Crippen LogP contribution >= 0.6 is 11.6 Å². The average Bonchev–Trinajstić information content (AvgIpc) is 2.57. The molecule has 0 saturated carbocycles. The summed E-state index contributed by atoms with van der Waals surface area (Å²) in [5.74, 6) is -0.615. The van der Waals surface area contributed by atoms with Gasteiger partial charge in [-0.2, -0.15) is 5.26 Å². The quantitative estimate of drug-likeness (QED) is 0.380. The number of carbonyl (C=O) groups excluding carboxylic acids is 1. The summed E-state index contributed by atoms with van der Waals surface area (Å²) in [6.45, 7) is 3.41. The normalized spacial score (nSPS) is 10.9. The molecule has 6 nitrogen and oxygen atoms in total. The molecule has 0 heterocycles. The number of nitrogens with one attached hydrogen (secondary N) is 1. The minimum atomic E-state index is -0.615. The molecule has 0 aliphatic carbocycles. The van der Waals surface area contributed by atoms with Gasteiger partial charge >= 0.3 is 0 Å². The number of nitro groups is 1. The van der Waals surface area contributed by atoms with E-state index in [1.54, 1.807) is 44.2 Å². The average molecular weight is 356 g/mol. The summed E-state index contributed by atoms with van der Waals surface area (Å²) in [4.78, 5) is 22.8. The van der Waals surface area contributed by atoms with Crippen molar-refractivity contribution >= 4 is 35.0 Å². The van der Waals surface area contributed by atoms with Gasteiger partial charge in [-0.15, -0.1) is 0 Å². The highest BCUT2D eigenvalue weighted by atomic mass is 35.5. The van der Waals surface area contributed by atoms with Gasteiger partial charge in [0, 0.05) is 22.3 Å². The molecule has 0 unspecified atom stereocenters. The number of anilines is 1. The predicted octanol–water partition coefficient (Wildman–Crippen LogP) is 4.41. The summed E-state index contributed by atoms with van der Waals surface area (Å²) in [5.41, 5.74) is 1.94. The van der Waals surface area contributed by atoms with Crippen molar-refractivity contribution in [3.05, 3.63) is 73.8 Å². The molecule has 25 heavy (non-hydrogen) atoms. The number of carbonyl (C=O) groups is 1. The molecule has 0 radical (unpaired) electrons. The highest BCUT2D eigenvalue weighted by Crippen LogP contribution is 2.23. The fraction of sp³-hybridized carbons (Fsp3) is 0.111. The molecule has 0 bridgehead atoms. The molecule has 0 atom stereocenters. The number of hydrogen-bond acceptors (Lipinski definition) is 4. The van der Waals surface area contributed by atoms with Crippen molar-refractivity contribution in [2.75, 3.05) is 5.32 Å². The highest BCUT2D eigenvalue weighted by Gasteiger charge is 2.14. The van der Waals surface area contributed by atoms with Crippen LogP contribution in [0.4, 0.5) is 11.4 Å². The summed E-state index contributed by atoms with van der Waals surface area (Å²) in [6, 6.07) is 11.3. The van der Waals surface area contributed by atoms with Crippen LogP contribution in [0.1, 0.15) is 16.7 Å². The van der Waals surface area contributed by atoms with Crippen LogP contribution in [0.15, 0.2) is 42.0 Å². The van der Waals surface area contributed by atoms with Crippen LogP contribution in [0.5, 0.6) is 0 Å². The van der Waals surface area contributed by atoms with Crippen LogP contribution in [0, 0.1) is 35.3 Å². The number of hydrogen-bond donors (Lipinski definition) is 1. The molecule has 0 aromatic heterocycles. The Kier molecular flexibility index (Phi) is 5.52. The Bertz CT molecular complexity index is 930. The second-order valence-corrected chi connectivity index (χ2v) is 5.82. The molecule has 1 N–H and O–H groups in total. The van der Waals surface area contributed by atoms with Crippen LogP contribution in [-0.4, -0.2) is 10.8 Å². The third-order valence-corrected chi connectivity index (χ3v) is 3.79. The van der Waals surface area contributed by atoms with E-state index in [4.69, 9.17) is 11.6 Å². The molecule has 0 spiro atoms. The maximum absolute atomic E-state index is 12.3. The van der Waals surface area contributed by atoms with Gasteiger partial charge in [-0.1, -0.05) is 29.8 Å². The Morgan fingerprint density at radius 2 is 1.92 bits per heavy atom. The second kappa shape index (κ2) is 7.60. The SMILES string of the molecule is Cc1ccc(Cl)cc1NC(=O)/C(C#N)=C/c1ccc(C)c([N+](=O)[O-])c1. The third-order valence-electron chi connectivity index (χ3n) is 3.55. The largest absolute Gasteiger partial charge is 0.321 e. The number of nitrogens with zero attached hydrogens (tertiary/aromatic N) is 2. The molecule has 2 aromatic rings. The van der Waals surface area contributed by atoms with E-state index in [0.29, 0.717) is 21.8 Å². The molecule has 0 aliphatic heterocycles. The van der Waals surface area contributed by atoms with Gasteiger partial charge < -0.3 is 5.32 Å². The fourth-order valence-electron chi connectivity index (χ4n) is 2.15. The van der Waals surface area contributed by atoms with Crippen molar-refractivity contribution in [2.24, 2.45) is 0 Å². The summed E-state index contributed by atoms with van der Waals surface area (Å²) < 4.78 is 0. The van der Waals surface area contributed by atoms with Gasteiger partial charge in [0.05, 0.1) is 4.92 Å². The summed E-state index contributed by atoms with van der Waals surface area (Å²) in [6.07, 6.45) is 1.31. The zero-order valence-electron chi connectivity index (χ0n) is 13.5. The number of nitriles is 1. The standard InChI is InChI=1S/C18H14ClN3O3/c1-11-4-6-15(19)9-16(11)21-18(23)14(10-20)7-13-5-3-12(2)17(8-13)22(24)25/h3-9H,1-2H3,(H,21,23)/b14-7+. The highest BCUT2D eigenvalue weighted by molar-refractivity contribution is 6.31. The van der Waals surface area contributed by atoms with E-state index in [9.17, 15) is 20.2 Å². The minimum absolute atomic E-state index is 0.0721. The predicted molar refractivity (Wildman–Crippen MR) is 96.2 cm³/mol. The Hall–Kier alpha value is -3.17. The van der Waals surface area contributed by atoms with Crippen LogP contribution in [0.2, 0.25) is 5.02 Å². The Morgan fingerprint density at radius 1 is 1.24 bits per heavy atom. The molecule has 1 amide bonds. The van der Waals surface area contributed by atoms with E-state index in [2.05, 4.69) is 5.32 Å². The van der Waals surface area contributed by atoms with Gasteiger partial charge in [-0.3, -0.25) is 14.9 Å². The van der Waals surface area contributed by atoms with E-state index in [0.717, 1.165) is 5.56 Å². The molecular weight excluding hydrogens is 342 g/mol. The number of aryl methyl sites for hydroxylation is 2. The maximum atomic E-state index is 12.3. The lowest BCUT2D eigenvalue weighted by atomic mass is 10.1. The molecule has 0 fully saturated rings. The summed E-state index contributed by atoms with van der Waals surface area (Å²) in [7, 11) is 0. The van der Waals surface area contributed by atoms with E-state index in [1.165, 1.54) is 12.1 Å². The first-order chi connectivity index (χ1) is 11.8. The van der Waals surface area contributed by atoms with Crippen molar-refractivity contribution in [1.82, 2.24) is 0 Å². The smallest absolute Gasteiger partial charge is 0.272 e. The van der Waals surface area contributed by atoms with Crippen molar-refractivity contribution in [1.29, 1.82) is 5.26 Å². The first kappa shape index (κ1) is 18.2. The third kappa shape index (κ3) is 4.43. The lowest BCUT2D eigenvalue weighted by Crippen LogP contribution is -2.14. The molecular formula is C18H14ClN3O3. The van der Waals surface area contributed by atoms with Gasteiger partial charge in [-0.25, -0.2) is 0 Å². The van der Waals surface area contributed by atoms with Gasteiger partial charge in [0.25, 0.3) is 11.6 Å². The van der Waals surface area contributed by atoms with E-state index in [1.807, 2.05) is 6.07 Å².